The number of amides is 1. The zero-order valence-corrected chi connectivity index (χ0v) is 24.7. The summed E-state index contributed by atoms with van der Waals surface area (Å²) in [6.45, 7) is 2.49. The van der Waals surface area contributed by atoms with E-state index in [4.69, 9.17) is 9.72 Å². The van der Waals surface area contributed by atoms with Crippen molar-refractivity contribution in [2.45, 2.75) is 10.6 Å². The van der Waals surface area contributed by atoms with Crippen molar-refractivity contribution in [3.8, 4) is 22.3 Å². The Balaban J connectivity index is 1.31. The topological polar surface area (TPSA) is 104 Å². The van der Waals surface area contributed by atoms with Gasteiger partial charge in [-0.25, -0.2) is 18.4 Å². The van der Waals surface area contributed by atoms with E-state index in [9.17, 15) is 13.2 Å². The Kier molecular flexibility index (Phi) is 7.43. The molecular weight excluding hydrogens is 572 g/mol. The first-order valence-electron chi connectivity index (χ1n) is 14.5. The van der Waals surface area contributed by atoms with Crippen LogP contribution >= 0.6 is 0 Å². The highest BCUT2D eigenvalue weighted by molar-refractivity contribution is 7.90. The van der Waals surface area contributed by atoms with Crippen molar-refractivity contribution >= 4 is 37.7 Å². The molecule has 3 heterocycles. The Labute approximate surface area is 255 Å². The second kappa shape index (κ2) is 11.7. The number of aromatic amines is 1. The van der Waals surface area contributed by atoms with Crippen molar-refractivity contribution in [2.75, 3.05) is 26.3 Å². The van der Waals surface area contributed by atoms with Gasteiger partial charge in [-0.05, 0) is 53.1 Å². The van der Waals surface area contributed by atoms with Crippen LogP contribution in [0.5, 0.6) is 0 Å². The smallest absolute Gasteiger partial charge is 0.265 e. The Hall–Kier alpha value is -4.83. The van der Waals surface area contributed by atoms with Crippen molar-refractivity contribution in [3.63, 3.8) is 0 Å². The van der Waals surface area contributed by atoms with Gasteiger partial charge in [0.15, 0.2) is 9.84 Å². The molecule has 0 radical (unpaired) electrons. The second-order valence-corrected chi connectivity index (χ2v) is 12.8. The maximum Gasteiger partial charge on any atom is 0.265 e. The number of nitrogens with one attached hydrogen (secondary N) is 2. The molecular formula is C35H30N4O4S. The molecule has 1 aliphatic heterocycles. The first kappa shape index (κ1) is 28.0. The number of pyridine rings is 1. The molecule has 0 unspecified atom stereocenters. The van der Waals surface area contributed by atoms with E-state index in [-0.39, 0.29) is 11.7 Å². The summed E-state index contributed by atoms with van der Waals surface area (Å²) in [5, 5.41) is 3.69. The van der Waals surface area contributed by atoms with Gasteiger partial charge in [0.25, 0.3) is 5.91 Å². The van der Waals surface area contributed by atoms with Crippen LogP contribution < -0.4 is 5.43 Å². The van der Waals surface area contributed by atoms with E-state index in [1.165, 1.54) is 0 Å². The molecule has 8 nitrogen and oxygen atoms in total. The van der Waals surface area contributed by atoms with Crippen LogP contribution in [0.15, 0.2) is 114 Å². The van der Waals surface area contributed by atoms with E-state index in [0.717, 1.165) is 38.5 Å². The predicted molar refractivity (Wildman–Crippen MR) is 172 cm³/mol. The molecule has 4 aromatic carbocycles. The van der Waals surface area contributed by atoms with Gasteiger partial charge in [-0.3, -0.25) is 10.2 Å². The molecule has 6 aromatic rings. The molecule has 0 spiro atoms. The maximum absolute atomic E-state index is 13.2. The summed E-state index contributed by atoms with van der Waals surface area (Å²) in [4.78, 5) is 21.4. The number of rotatable bonds is 7. The number of hydrogen-bond donors (Lipinski definition) is 2. The second-order valence-electron chi connectivity index (χ2n) is 10.8. The van der Waals surface area contributed by atoms with Crippen LogP contribution in [0.3, 0.4) is 0 Å². The third kappa shape index (κ3) is 5.48. The highest BCUT2D eigenvalue weighted by Gasteiger charge is 2.20. The van der Waals surface area contributed by atoms with Gasteiger partial charge in [-0.1, -0.05) is 66.7 Å². The van der Waals surface area contributed by atoms with Gasteiger partial charge in [0.05, 0.1) is 23.9 Å². The van der Waals surface area contributed by atoms with E-state index in [0.29, 0.717) is 48.0 Å². The number of morpholine rings is 1. The minimum absolute atomic E-state index is 0.110. The van der Waals surface area contributed by atoms with Crippen LogP contribution in [-0.2, 0) is 20.3 Å². The number of nitrogens with zero attached hydrogens (tertiary/aromatic N) is 2. The minimum Gasteiger partial charge on any atom is -0.379 e. The molecule has 7 rings (SSSR count). The molecule has 1 amide bonds. The molecule has 2 N–H and O–H groups in total. The molecule has 2 aromatic heterocycles. The molecule has 1 fully saturated rings. The fourth-order valence-electron chi connectivity index (χ4n) is 5.73. The molecule has 9 heteroatoms. The van der Waals surface area contributed by atoms with Gasteiger partial charge in [0.2, 0.25) is 0 Å². The maximum atomic E-state index is 13.2. The van der Waals surface area contributed by atoms with E-state index in [1.807, 2.05) is 71.9 Å². The summed E-state index contributed by atoms with van der Waals surface area (Å²) < 4.78 is 31.8. The van der Waals surface area contributed by atoms with Crippen LogP contribution in [0, 0.1) is 0 Å². The lowest BCUT2D eigenvalue weighted by Crippen LogP contribution is -2.48. The van der Waals surface area contributed by atoms with Gasteiger partial charge in [-0.2, -0.15) is 0 Å². The molecule has 0 saturated carbocycles. The zero-order valence-electron chi connectivity index (χ0n) is 23.9. The highest BCUT2D eigenvalue weighted by atomic mass is 32.2. The van der Waals surface area contributed by atoms with Crippen LogP contribution in [-0.4, -0.2) is 55.6 Å². The van der Waals surface area contributed by atoms with Gasteiger partial charge < -0.3 is 9.72 Å². The standard InChI is InChI=1S/C35H30N4O4S/c40-35(38-39-17-19-43-20-18-39)27-14-12-25(13-15-27)30-22-36-34-33(32(30)26-7-3-1-4-8-26)29-21-24(11-16-31(29)37-34)23-44(41,42)28-9-5-2-6-10-28/h1-16,21-22H,17-20,23H2,(H,36,37)(H,38,40). The number of carbonyl (C=O) groups is 1. The fourth-order valence-corrected chi connectivity index (χ4v) is 7.09. The lowest BCUT2D eigenvalue weighted by molar-refractivity contribution is 0.0126. The zero-order chi connectivity index (χ0) is 30.1. The van der Waals surface area contributed by atoms with Crippen molar-refractivity contribution in [1.82, 2.24) is 20.4 Å². The molecule has 0 aliphatic carbocycles. The average molecular weight is 603 g/mol. The number of H-pyrrole nitrogens is 1. The number of hydrazine groups is 1. The molecule has 0 bridgehead atoms. The number of hydrogen-bond acceptors (Lipinski definition) is 6. The number of ether oxygens (including phenoxy) is 1. The number of sulfone groups is 1. The van der Waals surface area contributed by atoms with Crippen LogP contribution in [0.2, 0.25) is 0 Å². The molecule has 220 valence electrons. The van der Waals surface area contributed by atoms with E-state index in [2.05, 4.69) is 22.5 Å². The van der Waals surface area contributed by atoms with Crippen LogP contribution in [0.25, 0.3) is 44.2 Å². The Bertz CT molecular complexity index is 2070. The average Bonchev–Trinajstić information content (AvgIpc) is 3.43. The lowest BCUT2D eigenvalue weighted by Gasteiger charge is -2.26. The fraction of sp³-hybridized carbons (Fsp3) is 0.143. The first-order valence-corrected chi connectivity index (χ1v) is 16.1. The van der Waals surface area contributed by atoms with Crippen molar-refractivity contribution < 1.29 is 17.9 Å². The summed E-state index contributed by atoms with van der Waals surface area (Å²) in [5.41, 5.74) is 9.62. The predicted octanol–water partition coefficient (Wildman–Crippen LogP) is 6.00. The Morgan fingerprint density at radius 3 is 2.30 bits per heavy atom. The number of carbonyl (C=O) groups excluding carboxylic acids is 1. The van der Waals surface area contributed by atoms with Crippen molar-refractivity contribution in [2.24, 2.45) is 0 Å². The van der Waals surface area contributed by atoms with E-state index >= 15 is 0 Å². The molecule has 1 aliphatic rings. The summed E-state index contributed by atoms with van der Waals surface area (Å²) >= 11 is 0. The number of benzene rings is 4. The summed E-state index contributed by atoms with van der Waals surface area (Å²) in [7, 11) is -3.52. The quantitative estimate of drug-likeness (QED) is 0.232. The summed E-state index contributed by atoms with van der Waals surface area (Å²) in [6.07, 6.45) is 1.85. The van der Waals surface area contributed by atoms with E-state index < -0.39 is 9.84 Å². The van der Waals surface area contributed by atoms with Gasteiger partial charge in [0.1, 0.15) is 5.65 Å². The van der Waals surface area contributed by atoms with Gasteiger partial charge >= 0.3 is 0 Å². The number of aromatic nitrogens is 2. The molecule has 1 saturated heterocycles. The van der Waals surface area contributed by atoms with E-state index in [1.54, 1.807) is 30.3 Å². The van der Waals surface area contributed by atoms with Crippen LogP contribution in [0.1, 0.15) is 15.9 Å². The molecule has 0 atom stereocenters. The SMILES string of the molecule is O=C(NN1CCOCC1)c1ccc(-c2cnc3[nH]c4ccc(CS(=O)(=O)c5ccccc5)cc4c3c2-c2ccccc2)cc1. The lowest BCUT2D eigenvalue weighted by atomic mass is 9.92. The highest BCUT2D eigenvalue weighted by Crippen LogP contribution is 2.41. The first-order chi connectivity index (χ1) is 21.5. The third-order valence-electron chi connectivity index (χ3n) is 7.94. The van der Waals surface area contributed by atoms with Crippen molar-refractivity contribution in [1.29, 1.82) is 0 Å². The third-order valence-corrected chi connectivity index (χ3v) is 9.64. The van der Waals surface area contributed by atoms with Gasteiger partial charge in [-0.15, -0.1) is 0 Å². The summed E-state index contributed by atoms with van der Waals surface area (Å²) in [6, 6.07) is 31.9. The monoisotopic (exact) mass is 602 g/mol. The normalized spacial score (nSPS) is 14.2. The Morgan fingerprint density at radius 1 is 0.864 bits per heavy atom. The summed E-state index contributed by atoms with van der Waals surface area (Å²) in [5.74, 6) is -0.272. The Morgan fingerprint density at radius 2 is 1.57 bits per heavy atom. The van der Waals surface area contributed by atoms with Crippen molar-refractivity contribution in [3.05, 3.63) is 120 Å². The minimum atomic E-state index is -3.52. The molecule has 44 heavy (non-hydrogen) atoms. The number of fused-ring (bicyclic) bond motifs is 3. The van der Waals surface area contributed by atoms with Gasteiger partial charge in [0, 0.05) is 52.3 Å². The largest absolute Gasteiger partial charge is 0.379 e. The van der Waals surface area contributed by atoms with Crippen LogP contribution in [0.4, 0.5) is 0 Å².